The third-order valence-electron chi connectivity index (χ3n) is 2.00. The Morgan fingerprint density at radius 3 is 2.31 bits per heavy atom. The Kier molecular flexibility index (Phi) is 2.12. The van der Waals surface area contributed by atoms with E-state index in [4.69, 9.17) is 4.74 Å². The van der Waals surface area contributed by atoms with Crippen LogP contribution in [-0.2, 0) is 4.74 Å². The minimum atomic E-state index is -2.70. The van der Waals surface area contributed by atoms with Gasteiger partial charge in [-0.1, -0.05) is 28.1 Å². The van der Waals surface area contributed by atoms with Gasteiger partial charge in [0, 0.05) is 4.47 Å². The molecule has 1 saturated heterocycles. The Balaban J connectivity index is 2.22. The lowest BCUT2D eigenvalue weighted by Crippen LogP contribution is -2.44. The molecule has 0 aromatic heterocycles. The Bertz CT molecular complexity index is 310. The fourth-order valence-electron chi connectivity index (χ4n) is 1.27. The van der Waals surface area contributed by atoms with E-state index >= 15 is 0 Å². The maximum atomic E-state index is 12.9. The summed E-state index contributed by atoms with van der Waals surface area (Å²) in [6, 6.07) is 6.74. The first-order valence-corrected chi connectivity index (χ1v) is 4.64. The second kappa shape index (κ2) is 3.03. The quantitative estimate of drug-likeness (QED) is 0.742. The van der Waals surface area contributed by atoms with Gasteiger partial charge in [0.2, 0.25) is 0 Å². The highest BCUT2D eigenvalue weighted by Gasteiger charge is 2.50. The Hall–Kier alpha value is -0.480. The minimum Gasteiger partial charge on any atom is -0.361 e. The Morgan fingerprint density at radius 1 is 1.31 bits per heavy atom. The van der Waals surface area contributed by atoms with Crippen LogP contribution in [0.25, 0.3) is 0 Å². The van der Waals surface area contributed by atoms with Crippen LogP contribution < -0.4 is 0 Å². The molecule has 0 amide bonds. The van der Waals surface area contributed by atoms with Crippen molar-refractivity contribution in [2.75, 3.05) is 6.61 Å². The molecule has 0 bridgehead atoms. The first kappa shape index (κ1) is 9.09. The van der Waals surface area contributed by atoms with Crippen LogP contribution in [0.4, 0.5) is 8.78 Å². The molecule has 1 unspecified atom stereocenters. The van der Waals surface area contributed by atoms with Crippen molar-refractivity contribution in [3.63, 3.8) is 0 Å². The Morgan fingerprint density at radius 2 is 1.92 bits per heavy atom. The van der Waals surface area contributed by atoms with Crippen LogP contribution in [0.3, 0.4) is 0 Å². The molecule has 13 heavy (non-hydrogen) atoms. The number of rotatable bonds is 1. The zero-order valence-corrected chi connectivity index (χ0v) is 8.22. The summed E-state index contributed by atoms with van der Waals surface area (Å²) < 4.78 is 31.4. The number of alkyl halides is 2. The van der Waals surface area contributed by atoms with Gasteiger partial charge in [-0.2, -0.15) is 0 Å². The third-order valence-corrected chi connectivity index (χ3v) is 2.53. The minimum absolute atomic E-state index is 0.465. The fourth-order valence-corrected chi connectivity index (χ4v) is 1.53. The molecule has 4 heteroatoms. The smallest absolute Gasteiger partial charge is 0.300 e. The maximum Gasteiger partial charge on any atom is 0.300 e. The van der Waals surface area contributed by atoms with Crippen LogP contribution in [0.2, 0.25) is 0 Å². The van der Waals surface area contributed by atoms with E-state index in [2.05, 4.69) is 15.9 Å². The van der Waals surface area contributed by atoms with Gasteiger partial charge < -0.3 is 4.74 Å². The summed E-state index contributed by atoms with van der Waals surface area (Å²) in [5.74, 6) is -2.70. The molecule has 0 spiro atoms. The van der Waals surface area contributed by atoms with Crippen molar-refractivity contribution in [2.45, 2.75) is 12.0 Å². The van der Waals surface area contributed by atoms with Crippen molar-refractivity contribution >= 4 is 15.9 Å². The normalized spacial score (nSPS) is 25.3. The molecule has 0 aliphatic carbocycles. The highest BCUT2D eigenvalue weighted by molar-refractivity contribution is 9.10. The predicted octanol–water partition coefficient (Wildman–Crippen LogP) is 3.16. The standard InChI is InChI=1S/C9H7BrF2O/c10-7-3-1-6(2-4-7)8-9(11,12)5-13-8/h1-4,8H,5H2. The van der Waals surface area contributed by atoms with E-state index in [-0.39, 0.29) is 0 Å². The van der Waals surface area contributed by atoms with Crippen molar-refractivity contribution in [2.24, 2.45) is 0 Å². The lowest BCUT2D eigenvalue weighted by Gasteiger charge is -2.36. The number of hydrogen-bond donors (Lipinski definition) is 0. The van der Waals surface area contributed by atoms with E-state index in [0.29, 0.717) is 5.56 Å². The first-order chi connectivity index (χ1) is 6.09. The Labute approximate surface area is 82.8 Å². The van der Waals surface area contributed by atoms with Crippen LogP contribution in [0.5, 0.6) is 0 Å². The monoisotopic (exact) mass is 248 g/mol. The van der Waals surface area contributed by atoms with Crippen LogP contribution >= 0.6 is 15.9 Å². The first-order valence-electron chi connectivity index (χ1n) is 3.84. The molecule has 2 rings (SSSR count). The van der Waals surface area contributed by atoms with Gasteiger partial charge in [-0.15, -0.1) is 0 Å². The highest BCUT2D eigenvalue weighted by atomic mass is 79.9. The van der Waals surface area contributed by atoms with E-state index in [1.807, 2.05) is 0 Å². The average Bonchev–Trinajstić information content (AvgIpc) is 2.07. The van der Waals surface area contributed by atoms with Crippen molar-refractivity contribution in [1.29, 1.82) is 0 Å². The van der Waals surface area contributed by atoms with E-state index < -0.39 is 18.6 Å². The topological polar surface area (TPSA) is 9.23 Å². The number of hydrogen-bond acceptors (Lipinski definition) is 1. The van der Waals surface area contributed by atoms with Gasteiger partial charge in [0.15, 0.2) is 0 Å². The molecule has 1 aromatic carbocycles. The molecule has 1 atom stereocenters. The maximum absolute atomic E-state index is 12.9. The second-order valence-corrected chi connectivity index (χ2v) is 3.92. The summed E-state index contributed by atoms with van der Waals surface area (Å²) >= 11 is 3.23. The molecular formula is C9H7BrF2O. The largest absolute Gasteiger partial charge is 0.361 e. The molecule has 1 fully saturated rings. The summed E-state index contributed by atoms with van der Waals surface area (Å²) in [6.45, 7) is -0.465. The molecule has 0 N–H and O–H groups in total. The molecule has 1 aliphatic heterocycles. The van der Waals surface area contributed by atoms with Gasteiger partial charge in [0.05, 0.1) is 0 Å². The number of benzene rings is 1. The molecule has 1 heterocycles. The summed E-state index contributed by atoms with van der Waals surface area (Å²) in [4.78, 5) is 0. The van der Waals surface area contributed by atoms with E-state index in [9.17, 15) is 8.78 Å². The summed E-state index contributed by atoms with van der Waals surface area (Å²) in [6.07, 6.45) is -1.06. The second-order valence-electron chi connectivity index (χ2n) is 3.00. The zero-order valence-electron chi connectivity index (χ0n) is 6.64. The number of halogens is 3. The molecule has 1 aromatic rings. The molecule has 0 saturated carbocycles. The SMILES string of the molecule is FC1(F)COC1c1ccc(Br)cc1. The molecular weight excluding hydrogens is 242 g/mol. The van der Waals surface area contributed by atoms with E-state index in [1.54, 1.807) is 24.3 Å². The van der Waals surface area contributed by atoms with Crippen LogP contribution in [-0.4, -0.2) is 12.5 Å². The van der Waals surface area contributed by atoms with Gasteiger partial charge in [0.1, 0.15) is 12.7 Å². The number of ether oxygens (including phenoxy) is 1. The van der Waals surface area contributed by atoms with Crippen molar-refractivity contribution in [3.05, 3.63) is 34.3 Å². The van der Waals surface area contributed by atoms with E-state index in [1.165, 1.54) is 0 Å². The van der Waals surface area contributed by atoms with Crippen LogP contribution in [0, 0.1) is 0 Å². The lowest BCUT2D eigenvalue weighted by atomic mass is 10.00. The molecule has 70 valence electrons. The van der Waals surface area contributed by atoms with Gasteiger partial charge in [0.25, 0.3) is 0 Å². The third kappa shape index (κ3) is 1.60. The summed E-state index contributed by atoms with van der Waals surface area (Å²) in [7, 11) is 0. The van der Waals surface area contributed by atoms with Crippen molar-refractivity contribution < 1.29 is 13.5 Å². The zero-order chi connectivity index (χ0) is 9.47. The highest BCUT2D eigenvalue weighted by Crippen LogP contribution is 2.43. The lowest BCUT2D eigenvalue weighted by molar-refractivity contribution is -0.268. The average molecular weight is 249 g/mol. The van der Waals surface area contributed by atoms with E-state index in [0.717, 1.165) is 4.47 Å². The molecule has 0 radical (unpaired) electrons. The van der Waals surface area contributed by atoms with Crippen LogP contribution in [0.15, 0.2) is 28.7 Å². The van der Waals surface area contributed by atoms with Crippen molar-refractivity contribution in [1.82, 2.24) is 0 Å². The van der Waals surface area contributed by atoms with Gasteiger partial charge >= 0.3 is 5.92 Å². The summed E-state index contributed by atoms with van der Waals surface area (Å²) in [5, 5.41) is 0. The van der Waals surface area contributed by atoms with Gasteiger partial charge in [-0.05, 0) is 17.7 Å². The molecule has 1 nitrogen and oxygen atoms in total. The fraction of sp³-hybridized carbons (Fsp3) is 0.333. The molecule has 1 aliphatic rings. The van der Waals surface area contributed by atoms with Crippen molar-refractivity contribution in [3.8, 4) is 0 Å². The van der Waals surface area contributed by atoms with Gasteiger partial charge in [-0.25, -0.2) is 8.78 Å². The predicted molar refractivity (Wildman–Crippen MR) is 47.8 cm³/mol. The van der Waals surface area contributed by atoms with Gasteiger partial charge in [-0.3, -0.25) is 0 Å². The van der Waals surface area contributed by atoms with Crippen LogP contribution in [0.1, 0.15) is 11.7 Å². The summed E-state index contributed by atoms with van der Waals surface area (Å²) in [5.41, 5.74) is 0.527.